The molecule has 1 atom stereocenters. The molecule has 0 aromatic heterocycles. The number of likely N-dealkylation sites (tertiary alicyclic amines) is 1. The summed E-state index contributed by atoms with van der Waals surface area (Å²) in [4.78, 5) is 1.94. The Balaban J connectivity index is 1.82. The van der Waals surface area contributed by atoms with Crippen LogP contribution in [0.4, 0.5) is 0 Å². The topological polar surface area (TPSA) is 62.2 Å². The molecule has 6 heteroatoms. The molecule has 2 aliphatic rings. The molecule has 2 heterocycles. The predicted molar refractivity (Wildman–Crippen MR) is 73.1 cm³/mol. The minimum atomic E-state index is -0.848. The summed E-state index contributed by atoms with van der Waals surface area (Å²) in [7, 11) is -0.729. The summed E-state index contributed by atoms with van der Waals surface area (Å²) in [6.45, 7) is 7.84. The zero-order chi connectivity index (χ0) is 14.0. The molecule has 0 aromatic rings. The second kappa shape index (κ2) is 5.93. The first-order valence-electron chi connectivity index (χ1n) is 6.96. The van der Waals surface area contributed by atoms with E-state index in [1.165, 1.54) is 0 Å². The third-order valence-corrected chi connectivity index (χ3v) is 3.63. The molecule has 2 rings (SSSR count). The summed E-state index contributed by atoms with van der Waals surface area (Å²) < 4.78 is 10.7. The number of ether oxygens (including phenoxy) is 1. The van der Waals surface area contributed by atoms with Crippen LogP contribution in [0.2, 0.25) is 0 Å². The van der Waals surface area contributed by atoms with Gasteiger partial charge in [0.1, 0.15) is 0 Å². The van der Waals surface area contributed by atoms with Gasteiger partial charge in [-0.2, -0.15) is 0 Å². The molecule has 0 radical (unpaired) electrons. The molecule has 108 valence electrons. The van der Waals surface area contributed by atoms with Gasteiger partial charge in [-0.3, -0.25) is 4.90 Å². The van der Waals surface area contributed by atoms with Gasteiger partial charge in [-0.1, -0.05) is 6.08 Å². The van der Waals surface area contributed by atoms with Crippen LogP contribution in [0.1, 0.15) is 33.6 Å². The highest BCUT2D eigenvalue weighted by atomic mass is 16.6. The molecule has 1 fully saturated rings. The predicted octanol–water partition coefficient (Wildman–Crippen LogP) is 0.766. The SMILES string of the molecule is CC(C)(C)OC(O)N1CCC(C2=CCOB2O)CC1. The molecule has 1 saturated heterocycles. The molecule has 0 amide bonds. The molecule has 2 N–H and O–H groups in total. The van der Waals surface area contributed by atoms with Crippen LogP contribution in [-0.4, -0.2) is 53.9 Å². The van der Waals surface area contributed by atoms with Gasteiger partial charge in [-0.05, 0) is 45.0 Å². The minimum absolute atomic E-state index is 0.353. The van der Waals surface area contributed by atoms with Crippen molar-refractivity contribution in [1.82, 2.24) is 4.90 Å². The van der Waals surface area contributed by atoms with Gasteiger partial charge in [0.05, 0.1) is 5.60 Å². The van der Waals surface area contributed by atoms with E-state index in [4.69, 9.17) is 9.39 Å². The first kappa shape index (κ1) is 15.0. The van der Waals surface area contributed by atoms with Crippen LogP contribution in [0.3, 0.4) is 0 Å². The number of aliphatic hydroxyl groups is 1. The molecule has 0 aliphatic carbocycles. The fourth-order valence-corrected chi connectivity index (χ4v) is 2.65. The van der Waals surface area contributed by atoms with Crippen LogP contribution >= 0.6 is 0 Å². The van der Waals surface area contributed by atoms with Crippen molar-refractivity contribution < 1.29 is 19.5 Å². The molecule has 0 aromatic carbocycles. The van der Waals surface area contributed by atoms with Gasteiger partial charge in [0, 0.05) is 19.7 Å². The lowest BCUT2D eigenvalue weighted by atomic mass is 9.69. The maximum atomic E-state index is 10.0. The van der Waals surface area contributed by atoms with E-state index < -0.39 is 13.5 Å². The van der Waals surface area contributed by atoms with E-state index in [2.05, 4.69) is 0 Å². The maximum Gasteiger partial charge on any atom is 0.487 e. The second-order valence-electron chi connectivity index (χ2n) is 6.26. The average molecular weight is 269 g/mol. The summed E-state index contributed by atoms with van der Waals surface area (Å²) in [6.07, 6.45) is 2.96. The molecule has 5 nitrogen and oxygen atoms in total. The van der Waals surface area contributed by atoms with Gasteiger partial charge in [0.25, 0.3) is 0 Å². The van der Waals surface area contributed by atoms with Crippen LogP contribution in [0, 0.1) is 5.92 Å². The number of rotatable bonds is 3. The Bertz CT molecular complexity index is 334. The van der Waals surface area contributed by atoms with Crippen molar-refractivity contribution in [3.05, 3.63) is 11.5 Å². The fourth-order valence-electron chi connectivity index (χ4n) is 2.65. The molecule has 0 saturated carbocycles. The highest BCUT2D eigenvalue weighted by molar-refractivity contribution is 6.53. The van der Waals surface area contributed by atoms with Crippen LogP contribution in [0.25, 0.3) is 0 Å². The second-order valence-corrected chi connectivity index (χ2v) is 6.26. The minimum Gasteiger partial charge on any atom is -0.423 e. The molecule has 2 aliphatic heterocycles. The molecule has 19 heavy (non-hydrogen) atoms. The van der Waals surface area contributed by atoms with E-state index in [9.17, 15) is 10.1 Å². The lowest BCUT2D eigenvalue weighted by molar-refractivity contribution is -0.242. The summed E-state index contributed by atoms with van der Waals surface area (Å²) in [5.41, 5.74) is 0.653. The molecule has 1 unspecified atom stereocenters. The van der Waals surface area contributed by atoms with E-state index in [0.29, 0.717) is 12.5 Å². The Kier molecular flexibility index (Phi) is 4.68. The highest BCUT2D eigenvalue weighted by Crippen LogP contribution is 2.29. The lowest BCUT2D eigenvalue weighted by Crippen LogP contribution is -2.46. The number of piperidine rings is 1. The zero-order valence-electron chi connectivity index (χ0n) is 12.0. The number of aliphatic hydroxyl groups excluding tert-OH is 1. The Hall–Kier alpha value is -0.395. The summed E-state index contributed by atoms with van der Waals surface area (Å²) in [5, 5.41) is 19.7. The third-order valence-electron chi connectivity index (χ3n) is 3.63. The summed E-state index contributed by atoms with van der Waals surface area (Å²) in [5.74, 6) is 0.357. The Labute approximate surface area is 115 Å². The zero-order valence-corrected chi connectivity index (χ0v) is 12.0. The van der Waals surface area contributed by atoms with Crippen LogP contribution < -0.4 is 0 Å². The smallest absolute Gasteiger partial charge is 0.423 e. The average Bonchev–Trinajstić information content (AvgIpc) is 2.73. The van der Waals surface area contributed by atoms with Gasteiger partial charge in [0.15, 0.2) is 0 Å². The molecule has 0 bridgehead atoms. The van der Waals surface area contributed by atoms with Crippen molar-refractivity contribution in [1.29, 1.82) is 0 Å². The van der Waals surface area contributed by atoms with Crippen LogP contribution in [-0.2, 0) is 9.39 Å². The van der Waals surface area contributed by atoms with E-state index in [0.717, 1.165) is 31.4 Å². The van der Waals surface area contributed by atoms with Crippen molar-refractivity contribution >= 4 is 7.12 Å². The number of hydrogen-bond acceptors (Lipinski definition) is 5. The maximum absolute atomic E-state index is 10.0. The highest BCUT2D eigenvalue weighted by Gasteiger charge is 2.34. The van der Waals surface area contributed by atoms with E-state index in [1.54, 1.807) is 0 Å². The van der Waals surface area contributed by atoms with E-state index in [1.807, 2.05) is 31.7 Å². The van der Waals surface area contributed by atoms with Gasteiger partial charge < -0.3 is 19.5 Å². The normalized spacial score (nSPS) is 24.7. The Morgan fingerprint density at radius 2 is 2.05 bits per heavy atom. The number of nitrogens with zero attached hydrogens (tertiary/aromatic N) is 1. The summed E-state index contributed by atoms with van der Waals surface area (Å²) >= 11 is 0. The molecular formula is C13H24BNO4. The van der Waals surface area contributed by atoms with Crippen molar-refractivity contribution in [2.75, 3.05) is 19.7 Å². The molecular weight excluding hydrogens is 245 g/mol. The van der Waals surface area contributed by atoms with Crippen molar-refractivity contribution in [3.8, 4) is 0 Å². The van der Waals surface area contributed by atoms with E-state index >= 15 is 0 Å². The quantitative estimate of drug-likeness (QED) is 0.585. The Morgan fingerprint density at radius 1 is 1.42 bits per heavy atom. The van der Waals surface area contributed by atoms with Crippen molar-refractivity contribution in [2.45, 2.75) is 45.6 Å². The van der Waals surface area contributed by atoms with Gasteiger partial charge in [-0.15, -0.1) is 0 Å². The first-order valence-corrected chi connectivity index (χ1v) is 6.96. The monoisotopic (exact) mass is 269 g/mol. The first-order chi connectivity index (χ1) is 8.87. The Morgan fingerprint density at radius 3 is 2.53 bits per heavy atom. The lowest BCUT2D eigenvalue weighted by Gasteiger charge is -2.37. The third kappa shape index (κ3) is 4.03. The van der Waals surface area contributed by atoms with Crippen LogP contribution in [0.5, 0.6) is 0 Å². The summed E-state index contributed by atoms with van der Waals surface area (Å²) in [6, 6.07) is 0. The van der Waals surface area contributed by atoms with Gasteiger partial charge in [0.2, 0.25) is 6.41 Å². The van der Waals surface area contributed by atoms with E-state index in [-0.39, 0.29) is 5.60 Å². The largest absolute Gasteiger partial charge is 0.487 e. The number of allylic oxidation sites excluding steroid dienone is 1. The van der Waals surface area contributed by atoms with Crippen LogP contribution in [0.15, 0.2) is 11.5 Å². The standard InChI is InChI=1S/C13H24BNO4/c1-13(2,3)19-12(16)15-7-4-10(5-8-15)11-6-9-18-14(11)17/h6,10,12,16-17H,4-5,7-9H2,1-3H3. The molecule has 0 spiro atoms. The van der Waals surface area contributed by atoms with Gasteiger partial charge >= 0.3 is 7.12 Å². The fraction of sp³-hybridized carbons (Fsp3) is 0.846. The van der Waals surface area contributed by atoms with Gasteiger partial charge in [-0.25, -0.2) is 0 Å². The van der Waals surface area contributed by atoms with Crippen molar-refractivity contribution in [3.63, 3.8) is 0 Å². The van der Waals surface area contributed by atoms with Crippen molar-refractivity contribution in [2.24, 2.45) is 5.92 Å². The number of hydrogen-bond donors (Lipinski definition) is 2.